The second kappa shape index (κ2) is 3.75. The van der Waals surface area contributed by atoms with Gasteiger partial charge in [0, 0.05) is 0 Å². The van der Waals surface area contributed by atoms with Gasteiger partial charge in [0.25, 0.3) is 0 Å². The maximum absolute atomic E-state index is 2.41. The van der Waals surface area contributed by atoms with Gasteiger partial charge in [-0.1, -0.05) is 39.3 Å². The third-order valence-electron chi connectivity index (χ3n) is 2.24. The van der Waals surface area contributed by atoms with Gasteiger partial charge in [-0.3, -0.25) is 0 Å². The van der Waals surface area contributed by atoms with Gasteiger partial charge in [0.1, 0.15) is 0 Å². The van der Waals surface area contributed by atoms with Crippen LogP contribution in [-0.2, 0) is 0 Å². The normalized spacial score (nSPS) is 23.4. The van der Waals surface area contributed by atoms with Gasteiger partial charge < -0.3 is 0 Å². The summed E-state index contributed by atoms with van der Waals surface area (Å²) in [7, 11) is 0. The average molecular weight is 150 g/mol. The van der Waals surface area contributed by atoms with Crippen molar-refractivity contribution in [1.29, 1.82) is 0 Å². The van der Waals surface area contributed by atoms with Crippen molar-refractivity contribution in [2.45, 2.75) is 40.0 Å². The molecule has 0 nitrogen and oxygen atoms in total. The van der Waals surface area contributed by atoms with Crippen molar-refractivity contribution in [1.82, 2.24) is 0 Å². The van der Waals surface area contributed by atoms with Crippen LogP contribution < -0.4 is 0 Å². The third kappa shape index (κ3) is 1.95. The fraction of sp³-hybridized carbons (Fsp3) is 0.636. The predicted molar refractivity (Wildman–Crippen MR) is 50.5 cm³/mol. The molecule has 0 amide bonds. The Hall–Kier alpha value is -0.520. The highest BCUT2D eigenvalue weighted by Crippen LogP contribution is 2.28. The van der Waals surface area contributed by atoms with E-state index in [-0.39, 0.29) is 0 Å². The topological polar surface area (TPSA) is 0 Å². The van der Waals surface area contributed by atoms with Crippen LogP contribution in [0.15, 0.2) is 23.3 Å². The molecular formula is C11H18. The summed E-state index contributed by atoms with van der Waals surface area (Å²) in [6.45, 7) is 6.75. The molecule has 1 rings (SSSR count). The van der Waals surface area contributed by atoms with Crippen LogP contribution in [-0.4, -0.2) is 0 Å². The molecule has 0 aromatic carbocycles. The monoisotopic (exact) mass is 150 g/mol. The summed E-state index contributed by atoms with van der Waals surface area (Å²) in [6.07, 6.45) is 8.55. The number of hydrogen-bond donors (Lipinski definition) is 0. The van der Waals surface area contributed by atoms with E-state index in [2.05, 4.69) is 32.9 Å². The number of hydrogen-bond acceptors (Lipinski definition) is 0. The lowest BCUT2D eigenvalue weighted by atomic mass is 10.0. The molecule has 0 N–H and O–H groups in total. The molecule has 1 aliphatic carbocycles. The van der Waals surface area contributed by atoms with Crippen LogP contribution in [0.25, 0.3) is 0 Å². The van der Waals surface area contributed by atoms with E-state index in [0.717, 1.165) is 0 Å². The molecule has 0 bridgehead atoms. The SMILES string of the molecule is CCCC1=CC(C)C=C1CC. The molecule has 0 heterocycles. The third-order valence-corrected chi connectivity index (χ3v) is 2.24. The first-order valence-electron chi connectivity index (χ1n) is 4.69. The number of allylic oxidation sites excluding steroid dienone is 4. The summed E-state index contributed by atoms with van der Waals surface area (Å²) >= 11 is 0. The fourth-order valence-electron chi connectivity index (χ4n) is 1.76. The van der Waals surface area contributed by atoms with E-state index in [9.17, 15) is 0 Å². The zero-order chi connectivity index (χ0) is 8.27. The Kier molecular flexibility index (Phi) is 2.92. The highest BCUT2D eigenvalue weighted by molar-refractivity contribution is 5.38. The molecule has 11 heavy (non-hydrogen) atoms. The van der Waals surface area contributed by atoms with E-state index >= 15 is 0 Å². The van der Waals surface area contributed by atoms with Gasteiger partial charge in [0.05, 0.1) is 0 Å². The van der Waals surface area contributed by atoms with Crippen molar-refractivity contribution in [2.75, 3.05) is 0 Å². The molecule has 62 valence electrons. The maximum Gasteiger partial charge on any atom is -0.00700 e. The molecule has 0 heteroatoms. The van der Waals surface area contributed by atoms with Crippen molar-refractivity contribution in [3.8, 4) is 0 Å². The van der Waals surface area contributed by atoms with Crippen molar-refractivity contribution in [2.24, 2.45) is 5.92 Å². The lowest BCUT2D eigenvalue weighted by Gasteiger charge is -2.02. The summed E-state index contributed by atoms with van der Waals surface area (Å²) in [5.41, 5.74) is 3.18. The summed E-state index contributed by atoms with van der Waals surface area (Å²) in [5.74, 6) is 0.687. The van der Waals surface area contributed by atoms with Gasteiger partial charge in [-0.25, -0.2) is 0 Å². The largest absolute Gasteiger partial charge is 0.0744 e. The average Bonchev–Trinajstić information content (AvgIpc) is 2.32. The van der Waals surface area contributed by atoms with Crippen LogP contribution in [0.4, 0.5) is 0 Å². The molecule has 1 unspecified atom stereocenters. The van der Waals surface area contributed by atoms with Crippen molar-refractivity contribution < 1.29 is 0 Å². The second-order valence-corrected chi connectivity index (χ2v) is 3.35. The second-order valence-electron chi connectivity index (χ2n) is 3.35. The predicted octanol–water partition coefficient (Wildman–Crippen LogP) is 3.70. The Balaban J connectivity index is 2.64. The standard InChI is InChI=1S/C11H18/c1-4-6-11-8-9(3)7-10(11)5-2/h7-9H,4-6H2,1-3H3. The lowest BCUT2D eigenvalue weighted by molar-refractivity contribution is 0.893. The zero-order valence-electron chi connectivity index (χ0n) is 7.85. The quantitative estimate of drug-likeness (QED) is 0.575. The number of rotatable bonds is 3. The van der Waals surface area contributed by atoms with Crippen LogP contribution in [0.2, 0.25) is 0 Å². The minimum Gasteiger partial charge on any atom is -0.0744 e. The fourth-order valence-corrected chi connectivity index (χ4v) is 1.76. The van der Waals surface area contributed by atoms with Crippen molar-refractivity contribution in [3.05, 3.63) is 23.3 Å². The van der Waals surface area contributed by atoms with Gasteiger partial charge in [0.15, 0.2) is 0 Å². The molecule has 0 aliphatic heterocycles. The Bertz CT molecular complexity index is 184. The summed E-state index contributed by atoms with van der Waals surface area (Å²) < 4.78 is 0. The van der Waals surface area contributed by atoms with E-state index in [4.69, 9.17) is 0 Å². The van der Waals surface area contributed by atoms with Crippen LogP contribution >= 0.6 is 0 Å². The summed E-state index contributed by atoms with van der Waals surface area (Å²) in [5, 5.41) is 0. The Labute approximate surface area is 70.0 Å². The minimum absolute atomic E-state index is 0.687. The first-order chi connectivity index (χ1) is 5.27. The Morgan fingerprint density at radius 1 is 1.18 bits per heavy atom. The van der Waals surface area contributed by atoms with Crippen LogP contribution in [0.5, 0.6) is 0 Å². The van der Waals surface area contributed by atoms with Crippen molar-refractivity contribution >= 4 is 0 Å². The van der Waals surface area contributed by atoms with E-state index in [1.807, 2.05) is 0 Å². The maximum atomic E-state index is 2.41. The molecule has 0 aromatic rings. The molecule has 0 aromatic heterocycles. The van der Waals surface area contributed by atoms with Gasteiger partial charge in [-0.05, 0) is 29.9 Å². The summed E-state index contributed by atoms with van der Waals surface area (Å²) in [6, 6.07) is 0. The highest BCUT2D eigenvalue weighted by Gasteiger charge is 2.11. The molecular weight excluding hydrogens is 132 g/mol. The minimum atomic E-state index is 0.687. The zero-order valence-corrected chi connectivity index (χ0v) is 7.85. The molecule has 0 radical (unpaired) electrons. The summed E-state index contributed by atoms with van der Waals surface area (Å²) in [4.78, 5) is 0. The van der Waals surface area contributed by atoms with Gasteiger partial charge in [-0.15, -0.1) is 0 Å². The van der Waals surface area contributed by atoms with E-state index in [0.29, 0.717) is 5.92 Å². The van der Waals surface area contributed by atoms with Crippen LogP contribution in [0, 0.1) is 5.92 Å². The Morgan fingerprint density at radius 3 is 2.36 bits per heavy atom. The van der Waals surface area contributed by atoms with Gasteiger partial charge in [0.2, 0.25) is 0 Å². The first kappa shape index (κ1) is 8.58. The van der Waals surface area contributed by atoms with E-state index in [1.54, 1.807) is 11.1 Å². The van der Waals surface area contributed by atoms with E-state index < -0.39 is 0 Å². The molecule has 0 saturated heterocycles. The highest BCUT2D eigenvalue weighted by atomic mass is 14.2. The van der Waals surface area contributed by atoms with Crippen LogP contribution in [0.1, 0.15) is 40.0 Å². The Morgan fingerprint density at radius 2 is 1.82 bits per heavy atom. The molecule has 0 fully saturated rings. The van der Waals surface area contributed by atoms with Crippen molar-refractivity contribution in [3.63, 3.8) is 0 Å². The molecule has 0 saturated carbocycles. The first-order valence-corrected chi connectivity index (χ1v) is 4.69. The van der Waals surface area contributed by atoms with Gasteiger partial charge >= 0.3 is 0 Å². The molecule has 1 aliphatic rings. The van der Waals surface area contributed by atoms with Gasteiger partial charge in [-0.2, -0.15) is 0 Å². The lowest BCUT2D eigenvalue weighted by Crippen LogP contribution is -1.83. The van der Waals surface area contributed by atoms with E-state index in [1.165, 1.54) is 19.3 Å². The van der Waals surface area contributed by atoms with Crippen LogP contribution in [0.3, 0.4) is 0 Å². The molecule has 1 atom stereocenters. The molecule has 0 spiro atoms. The smallest absolute Gasteiger partial charge is 0.00700 e.